The third-order valence-electron chi connectivity index (χ3n) is 6.32. The summed E-state index contributed by atoms with van der Waals surface area (Å²) in [5, 5.41) is 20.0. The number of benzene rings is 3. The molecule has 0 spiro atoms. The lowest BCUT2D eigenvalue weighted by Gasteiger charge is -2.23. The first-order valence-electron chi connectivity index (χ1n) is 11.4. The second-order valence-corrected chi connectivity index (χ2v) is 10.5. The number of sulfonamides is 1. The molecule has 5 aromatic rings. The van der Waals surface area contributed by atoms with E-state index in [1.807, 2.05) is 29.8 Å². The fraction of sp³-hybridized carbons (Fsp3) is 0.107. The van der Waals surface area contributed by atoms with Crippen LogP contribution < -0.4 is 4.31 Å². The van der Waals surface area contributed by atoms with Crippen LogP contribution in [0.15, 0.2) is 90.0 Å². The Hall–Kier alpha value is -4.68. The SMILES string of the molecule is Cn1c(Cc2ccc(C#N)cc2)cc2cc(N(CC(=O)O)S(=O)(=O)c3cccc4cccnc34)ccc21. The number of carboxylic acids is 1. The third kappa shape index (κ3) is 4.50. The molecule has 3 aromatic carbocycles. The van der Waals surface area contributed by atoms with Crippen molar-refractivity contribution in [1.29, 1.82) is 5.26 Å². The van der Waals surface area contributed by atoms with Gasteiger partial charge in [-0.3, -0.25) is 14.1 Å². The van der Waals surface area contributed by atoms with Gasteiger partial charge in [-0.25, -0.2) is 8.42 Å². The summed E-state index contributed by atoms with van der Waals surface area (Å²) in [6.45, 7) is -0.734. The zero-order chi connectivity index (χ0) is 26.2. The fourth-order valence-corrected chi connectivity index (χ4v) is 6.04. The highest BCUT2D eigenvalue weighted by Crippen LogP contribution is 2.31. The van der Waals surface area contributed by atoms with Gasteiger partial charge < -0.3 is 9.67 Å². The highest BCUT2D eigenvalue weighted by atomic mass is 32.2. The first-order valence-corrected chi connectivity index (χ1v) is 12.9. The fourth-order valence-electron chi connectivity index (χ4n) is 4.47. The molecule has 0 unspecified atom stereocenters. The lowest BCUT2D eigenvalue weighted by Crippen LogP contribution is -2.35. The number of fused-ring (bicyclic) bond motifs is 2. The molecule has 0 aliphatic heterocycles. The Morgan fingerprint density at radius 2 is 1.78 bits per heavy atom. The van der Waals surface area contributed by atoms with Crippen molar-refractivity contribution in [3.8, 4) is 6.07 Å². The Bertz CT molecular complexity index is 1800. The zero-order valence-corrected chi connectivity index (χ0v) is 20.7. The Morgan fingerprint density at radius 1 is 1.03 bits per heavy atom. The van der Waals surface area contributed by atoms with Crippen molar-refractivity contribution >= 4 is 43.5 Å². The molecule has 0 aliphatic carbocycles. The number of nitrogens with zero attached hydrogens (tertiary/aromatic N) is 4. The van der Waals surface area contributed by atoms with E-state index in [4.69, 9.17) is 5.26 Å². The van der Waals surface area contributed by atoms with E-state index in [1.165, 1.54) is 12.3 Å². The number of para-hydroxylation sites is 1. The number of pyridine rings is 1. The molecule has 0 bridgehead atoms. The number of aromatic nitrogens is 2. The van der Waals surface area contributed by atoms with Crippen molar-refractivity contribution in [2.75, 3.05) is 10.8 Å². The molecule has 0 amide bonds. The Morgan fingerprint density at radius 3 is 2.51 bits per heavy atom. The van der Waals surface area contributed by atoms with Crippen molar-refractivity contribution in [3.63, 3.8) is 0 Å². The van der Waals surface area contributed by atoms with Crippen LogP contribution in [0.2, 0.25) is 0 Å². The van der Waals surface area contributed by atoms with Crippen LogP contribution in [0, 0.1) is 11.3 Å². The number of aryl methyl sites for hydroxylation is 1. The molecule has 0 saturated heterocycles. The summed E-state index contributed by atoms with van der Waals surface area (Å²) >= 11 is 0. The molecule has 0 aliphatic rings. The number of nitriles is 1. The minimum atomic E-state index is -4.25. The summed E-state index contributed by atoms with van der Waals surface area (Å²) < 4.78 is 30.5. The van der Waals surface area contributed by atoms with Crippen LogP contribution in [-0.4, -0.2) is 35.6 Å². The second kappa shape index (κ2) is 9.41. The van der Waals surface area contributed by atoms with E-state index in [9.17, 15) is 18.3 Å². The van der Waals surface area contributed by atoms with Gasteiger partial charge in [0.05, 0.1) is 22.8 Å². The number of anilines is 1. The Labute approximate surface area is 213 Å². The molecule has 37 heavy (non-hydrogen) atoms. The van der Waals surface area contributed by atoms with Crippen molar-refractivity contribution in [2.45, 2.75) is 11.3 Å². The van der Waals surface area contributed by atoms with Crippen LogP contribution in [0.4, 0.5) is 5.69 Å². The van der Waals surface area contributed by atoms with Crippen molar-refractivity contribution < 1.29 is 18.3 Å². The highest BCUT2D eigenvalue weighted by molar-refractivity contribution is 7.93. The van der Waals surface area contributed by atoms with Crippen molar-refractivity contribution in [3.05, 3.63) is 102 Å². The van der Waals surface area contributed by atoms with Gasteiger partial charge in [0.2, 0.25) is 0 Å². The van der Waals surface area contributed by atoms with Crippen LogP contribution in [0.5, 0.6) is 0 Å². The number of carboxylic acid groups (broad SMARTS) is 1. The number of carbonyl (C=O) groups is 1. The molecular weight excluding hydrogens is 488 g/mol. The van der Waals surface area contributed by atoms with Gasteiger partial charge in [0.1, 0.15) is 11.4 Å². The van der Waals surface area contributed by atoms with Crippen molar-refractivity contribution in [2.24, 2.45) is 7.05 Å². The summed E-state index contributed by atoms with van der Waals surface area (Å²) in [5.41, 5.74) is 4.02. The average Bonchev–Trinajstić information content (AvgIpc) is 3.21. The lowest BCUT2D eigenvalue weighted by atomic mass is 10.1. The zero-order valence-electron chi connectivity index (χ0n) is 19.9. The molecule has 2 aromatic heterocycles. The summed E-state index contributed by atoms with van der Waals surface area (Å²) in [7, 11) is -2.32. The first kappa shape index (κ1) is 24.0. The van der Waals surface area contributed by atoms with Gasteiger partial charge >= 0.3 is 5.97 Å². The first-order chi connectivity index (χ1) is 17.8. The number of hydrogen-bond donors (Lipinski definition) is 1. The van der Waals surface area contributed by atoms with Gasteiger partial charge in [-0.15, -0.1) is 0 Å². The van der Waals surface area contributed by atoms with Gasteiger partial charge in [0, 0.05) is 41.6 Å². The van der Waals surface area contributed by atoms with Crippen LogP contribution in [0.1, 0.15) is 16.8 Å². The minimum Gasteiger partial charge on any atom is -0.480 e. The molecule has 2 heterocycles. The number of hydrogen-bond acceptors (Lipinski definition) is 5. The van der Waals surface area contributed by atoms with E-state index in [0.29, 0.717) is 17.4 Å². The monoisotopic (exact) mass is 510 g/mol. The molecule has 5 rings (SSSR count). The lowest BCUT2D eigenvalue weighted by molar-refractivity contribution is -0.135. The number of aliphatic carboxylic acids is 1. The number of rotatable bonds is 7. The maximum atomic E-state index is 13.8. The quantitative estimate of drug-likeness (QED) is 0.345. The summed E-state index contributed by atoms with van der Waals surface area (Å²) in [6, 6.07) is 24.8. The maximum Gasteiger partial charge on any atom is 0.324 e. The molecular formula is C28H22N4O4S. The second-order valence-electron chi connectivity index (χ2n) is 8.66. The molecule has 9 heteroatoms. The standard InChI is InChI=1S/C28H22N4O4S/c1-31-24(14-19-7-9-20(17-29)10-8-19)16-22-15-23(11-12-25(22)31)32(18-27(33)34)37(35,36)26-6-2-4-21-5-3-13-30-28(21)26/h2-13,15-16H,14,18H2,1H3,(H,33,34). The van der Waals surface area contributed by atoms with Crippen molar-refractivity contribution in [1.82, 2.24) is 9.55 Å². The van der Waals surface area contributed by atoms with E-state index in [2.05, 4.69) is 11.1 Å². The third-order valence-corrected chi connectivity index (χ3v) is 8.13. The molecule has 1 N–H and O–H groups in total. The molecule has 0 saturated carbocycles. The van der Waals surface area contributed by atoms with Gasteiger partial charge in [-0.05, 0) is 54.1 Å². The molecule has 184 valence electrons. The molecule has 8 nitrogen and oxygen atoms in total. The van der Waals surface area contributed by atoms with Crippen LogP contribution in [-0.2, 0) is 28.3 Å². The predicted octanol–water partition coefficient (Wildman–Crippen LogP) is 4.47. The highest BCUT2D eigenvalue weighted by Gasteiger charge is 2.29. The summed E-state index contributed by atoms with van der Waals surface area (Å²) in [5.74, 6) is -1.27. The van der Waals surface area contributed by atoms with E-state index >= 15 is 0 Å². The topological polar surface area (TPSA) is 116 Å². The van der Waals surface area contributed by atoms with Crippen LogP contribution in [0.3, 0.4) is 0 Å². The van der Waals surface area contributed by atoms with E-state index in [1.54, 1.807) is 54.6 Å². The van der Waals surface area contributed by atoms with Gasteiger partial charge in [-0.1, -0.05) is 30.3 Å². The van der Waals surface area contributed by atoms with E-state index in [0.717, 1.165) is 26.5 Å². The van der Waals surface area contributed by atoms with Crippen LogP contribution >= 0.6 is 0 Å². The molecule has 0 fully saturated rings. The maximum absolute atomic E-state index is 13.8. The van der Waals surface area contributed by atoms with Gasteiger partial charge in [0.25, 0.3) is 10.0 Å². The largest absolute Gasteiger partial charge is 0.480 e. The average molecular weight is 511 g/mol. The van der Waals surface area contributed by atoms with Gasteiger partial charge in [-0.2, -0.15) is 5.26 Å². The Balaban J connectivity index is 1.57. The van der Waals surface area contributed by atoms with Gasteiger partial charge in [0.15, 0.2) is 0 Å². The Kier molecular flexibility index (Phi) is 6.11. The molecule has 0 atom stereocenters. The van der Waals surface area contributed by atoms with Crippen LogP contribution in [0.25, 0.3) is 21.8 Å². The summed E-state index contributed by atoms with van der Waals surface area (Å²) in [6.07, 6.45) is 2.12. The smallest absolute Gasteiger partial charge is 0.324 e. The van der Waals surface area contributed by atoms with E-state index < -0.39 is 22.5 Å². The normalized spacial score (nSPS) is 11.5. The predicted molar refractivity (Wildman–Crippen MR) is 141 cm³/mol. The molecule has 0 radical (unpaired) electrons. The van der Waals surface area contributed by atoms with E-state index in [-0.39, 0.29) is 16.1 Å². The minimum absolute atomic E-state index is 0.0542. The summed E-state index contributed by atoms with van der Waals surface area (Å²) in [4.78, 5) is 15.9.